The van der Waals surface area contributed by atoms with Crippen LogP contribution in [0.2, 0.25) is 0 Å². The van der Waals surface area contributed by atoms with E-state index in [9.17, 15) is 32.3 Å². The van der Waals surface area contributed by atoms with E-state index in [1.54, 1.807) is 4.90 Å². The van der Waals surface area contributed by atoms with Crippen molar-refractivity contribution in [3.05, 3.63) is 29.8 Å². The number of piperidine rings is 1. The van der Waals surface area contributed by atoms with Crippen molar-refractivity contribution in [3.8, 4) is 17.1 Å². The molecule has 0 unspecified atom stereocenters. The Morgan fingerprint density at radius 2 is 1.92 bits per heavy atom. The number of ether oxygens (including phenoxy) is 1. The number of hydrogen-bond acceptors (Lipinski definition) is 6. The second-order valence-corrected chi connectivity index (χ2v) is 10.3. The summed E-state index contributed by atoms with van der Waals surface area (Å²) in [6.45, 7) is 3.94. The highest BCUT2D eigenvalue weighted by Crippen LogP contribution is 2.41. The SMILES string of the molecule is COc1cc(-c2cc(C(=O)N3C[C@@H](C)[C@@H](C(=O)NC4CCC(O)(C(F)(F)F)CC4)C[C@H]3C)[nH]n2)c(F)cn1. The molecule has 9 nitrogen and oxygen atoms in total. The van der Waals surface area contributed by atoms with Gasteiger partial charge in [-0.3, -0.25) is 14.7 Å². The van der Waals surface area contributed by atoms with Gasteiger partial charge in [0.2, 0.25) is 11.8 Å². The Hall–Kier alpha value is -3.22. The van der Waals surface area contributed by atoms with Crippen molar-refractivity contribution in [2.75, 3.05) is 13.7 Å². The van der Waals surface area contributed by atoms with Crippen molar-refractivity contribution in [3.63, 3.8) is 0 Å². The fourth-order valence-electron chi connectivity index (χ4n) is 5.28. The second-order valence-electron chi connectivity index (χ2n) is 10.3. The maximum absolute atomic E-state index is 14.3. The number of rotatable bonds is 5. The Balaban J connectivity index is 1.37. The molecule has 2 amide bonds. The van der Waals surface area contributed by atoms with Gasteiger partial charge in [-0.05, 0) is 51.0 Å². The quantitative estimate of drug-likeness (QED) is 0.499. The number of alkyl halides is 3. The summed E-state index contributed by atoms with van der Waals surface area (Å²) in [5.74, 6) is -1.66. The zero-order chi connectivity index (χ0) is 27.8. The summed E-state index contributed by atoms with van der Waals surface area (Å²) in [7, 11) is 1.40. The molecule has 3 atom stereocenters. The average molecular weight is 542 g/mol. The first-order valence-corrected chi connectivity index (χ1v) is 12.5. The van der Waals surface area contributed by atoms with Crippen LogP contribution in [-0.2, 0) is 4.79 Å². The molecule has 38 heavy (non-hydrogen) atoms. The molecule has 3 heterocycles. The number of nitrogens with one attached hydrogen (secondary N) is 2. The maximum atomic E-state index is 14.3. The summed E-state index contributed by atoms with van der Waals surface area (Å²) >= 11 is 0. The number of carbonyl (C=O) groups excluding carboxylic acids is 2. The van der Waals surface area contributed by atoms with Crippen LogP contribution in [0.15, 0.2) is 18.3 Å². The summed E-state index contributed by atoms with van der Waals surface area (Å²) in [6.07, 6.45) is -4.15. The van der Waals surface area contributed by atoms with E-state index >= 15 is 0 Å². The smallest absolute Gasteiger partial charge is 0.417 e. The van der Waals surface area contributed by atoms with Crippen molar-refractivity contribution in [2.24, 2.45) is 11.8 Å². The minimum atomic E-state index is -4.69. The highest BCUT2D eigenvalue weighted by molar-refractivity contribution is 5.94. The molecule has 1 saturated heterocycles. The number of likely N-dealkylation sites (tertiary alicyclic amines) is 1. The second kappa shape index (κ2) is 10.5. The van der Waals surface area contributed by atoms with Crippen molar-refractivity contribution < 1.29 is 37.0 Å². The van der Waals surface area contributed by atoms with Gasteiger partial charge in [-0.25, -0.2) is 9.37 Å². The van der Waals surface area contributed by atoms with E-state index in [0.29, 0.717) is 6.42 Å². The fourth-order valence-corrected chi connectivity index (χ4v) is 5.28. The van der Waals surface area contributed by atoms with Gasteiger partial charge in [-0.15, -0.1) is 0 Å². The highest BCUT2D eigenvalue weighted by Gasteiger charge is 2.54. The zero-order valence-electron chi connectivity index (χ0n) is 21.3. The number of aromatic nitrogens is 3. The number of methoxy groups -OCH3 is 1. The van der Waals surface area contributed by atoms with E-state index < -0.39 is 42.4 Å². The van der Waals surface area contributed by atoms with Crippen LogP contribution in [0.1, 0.15) is 56.4 Å². The summed E-state index contributed by atoms with van der Waals surface area (Å²) in [5, 5.41) is 19.4. The van der Waals surface area contributed by atoms with Crippen LogP contribution in [0.5, 0.6) is 5.88 Å². The Labute approximate surface area is 217 Å². The Kier molecular flexibility index (Phi) is 7.69. The molecule has 2 aromatic rings. The van der Waals surface area contributed by atoms with Crippen molar-refractivity contribution in [1.29, 1.82) is 0 Å². The normalized spacial score (nSPS) is 28.2. The number of hydrogen-bond donors (Lipinski definition) is 3. The van der Waals surface area contributed by atoms with Gasteiger partial charge in [0.1, 0.15) is 5.69 Å². The van der Waals surface area contributed by atoms with E-state index in [2.05, 4.69) is 20.5 Å². The molecule has 208 valence electrons. The van der Waals surface area contributed by atoms with Gasteiger partial charge in [0.15, 0.2) is 11.4 Å². The number of amides is 2. The molecule has 0 spiro atoms. The molecule has 1 aliphatic heterocycles. The molecule has 4 rings (SSSR count). The molecule has 0 aromatic carbocycles. The number of H-pyrrole nitrogens is 1. The van der Waals surface area contributed by atoms with Crippen LogP contribution in [0.3, 0.4) is 0 Å². The number of halogens is 4. The molecule has 3 N–H and O–H groups in total. The minimum absolute atomic E-state index is 0.0368. The molecule has 2 fully saturated rings. The summed E-state index contributed by atoms with van der Waals surface area (Å²) in [5.41, 5.74) is -2.20. The summed E-state index contributed by atoms with van der Waals surface area (Å²) in [4.78, 5) is 31.7. The van der Waals surface area contributed by atoms with Crippen LogP contribution < -0.4 is 10.1 Å². The largest absolute Gasteiger partial charge is 0.481 e. The summed E-state index contributed by atoms with van der Waals surface area (Å²) < 4.78 is 58.5. The van der Waals surface area contributed by atoms with E-state index in [1.165, 1.54) is 19.2 Å². The first kappa shape index (κ1) is 27.8. The van der Waals surface area contributed by atoms with E-state index in [0.717, 1.165) is 6.20 Å². The topological polar surface area (TPSA) is 120 Å². The molecular weight excluding hydrogens is 510 g/mol. The van der Waals surface area contributed by atoms with Gasteiger partial charge >= 0.3 is 6.18 Å². The maximum Gasteiger partial charge on any atom is 0.417 e. The lowest BCUT2D eigenvalue weighted by molar-refractivity contribution is -0.270. The van der Waals surface area contributed by atoms with Gasteiger partial charge in [0, 0.05) is 36.2 Å². The summed E-state index contributed by atoms with van der Waals surface area (Å²) in [6, 6.07) is 2.08. The molecule has 1 saturated carbocycles. The average Bonchev–Trinajstić information content (AvgIpc) is 3.36. The van der Waals surface area contributed by atoms with Crippen LogP contribution >= 0.6 is 0 Å². The predicted octanol–water partition coefficient (Wildman–Crippen LogP) is 3.46. The van der Waals surface area contributed by atoms with Gasteiger partial charge in [-0.2, -0.15) is 18.3 Å². The van der Waals surface area contributed by atoms with Gasteiger partial charge in [0.25, 0.3) is 5.91 Å². The number of aliphatic hydroxyl groups is 1. The first-order chi connectivity index (χ1) is 17.8. The highest BCUT2D eigenvalue weighted by atomic mass is 19.4. The third-order valence-electron chi connectivity index (χ3n) is 7.71. The standard InChI is InChI=1S/C25H31F4N5O4/c1-13-12-34(23(36)20-10-19(32-33-20)17-9-21(38-3)30-11-18(17)26)14(2)8-16(13)22(35)31-15-4-6-24(37,7-5-15)25(27,28)29/h9-11,13-16,37H,4-8,12H2,1-3H3,(H,31,35)(H,32,33)/t13-,14-,15?,16+,24?/m1/s1. The van der Waals surface area contributed by atoms with Crippen molar-refractivity contribution in [2.45, 2.75) is 69.8 Å². The zero-order valence-corrected chi connectivity index (χ0v) is 21.3. The minimum Gasteiger partial charge on any atom is -0.481 e. The molecule has 0 radical (unpaired) electrons. The lowest BCUT2D eigenvalue weighted by Gasteiger charge is -2.42. The number of nitrogens with zero attached hydrogens (tertiary/aromatic N) is 3. The number of carbonyl (C=O) groups is 2. The number of aromatic amines is 1. The van der Waals surface area contributed by atoms with Gasteiger partial charge in [0.05, 0.1) is 19.0 Å². The van der Waals surface area contributed by atoms with E-state index in [4.69, 9.17) is 4.74 Å². The van der Waals surface area contributed by atoms with E-state index in [1.807, 2.05) is 13.8 Å². The van der Waals surface area contributed by atoms with Crippen LogP contribution in [0.25, 0.3) is 11.3 Å². The van der Waals surface area contributed by atoms with Crippen LogP contribution in [0, 0.1) is 17.7 Å². The molecule has 2 aliphatic rings. The Morgan fingerprint density at radius 1 is 1.24 bits per heavy atom. The first-order valence-electron chi connectivity index (χ1n) is 12.5. The molecule has 0 bridgehead atoms. The van der Waals surface area contributed by atoms with Gasteiger partial charge < -0.3 is 20.1 Å². The molecule has 2 aromatic heterocycles. The van der Waals surface area contributed by atoms with Gasteiger partial charge in [-0.1, -0.05) is 6.92 Å². The van der Waals surface area contributed by atoms with Crippen molar-refractivity contribution in [1.82, 2.24) is 25.4 Å². The third kappa shape index (κ3) is 5.47. The lowest BCUT2D eigenvalue weighted by atomic mass is 9.80. The monoisotopic (exact) mass is 541 g/mol. The lowest BCUT2D eigenvalue weighted by Crippen LogP contribution is -2.54. The Bertz CT molecular complexity index is 1180. The predicted molar refractivity (Wildman–Crippen MR) is 128 cm³/mol. The third-order valence-corrected chi connectivity index (χ3v) is 7.71. The van der Waals surface area contributed by atoms with Crippen LogP contribution in [-0.4, -0.2) is 74.5 Å². The van der Waals surface area contributed by atoms with Crippen molar-refractivity contribution >= 4 is 11.8 Å². The molecular formula is C25H31F4N5O4. The molecule has 1 aliphatic carbocycles. The fraction of sp³-hybridized carbons (Fsp3) is 0.600. The molecule has 13 heteroatoms. The Morgan fingerprint density at radius 3 is 2.55 bits per heavy atom. The van der Waals surface area contributed by atoms with Crippen LogP contribution in [0.4, 0.5) is 17.6 Å². The van der Waals surface area contributed by atoms with E-state index in [-0.39, 0.29) is 66.0 Å². The number of pyridine rings is 1.